The van der Waals surface area contributed by atoms with E-state index in [1.807, 2.05) is 24.3 Å². The van der Waals surface area contributed by atoms with Gasteiger partial charge in [-0.25, -0.2) is 0 Å². The molecule has 1 amide bonds. The van der Waals surface area contributed by atoms with Crippen molar-refractivity contribution in [1.29, 1.82) is 0 Å². The second-order valence-corrected chi connectivity index (χ2v) is 5.50. The molecule has 3 nitrogen and oxygen atoms in total. The van der Waals surface area contributed by atoms with Crippen LogP contribution in [0.15, 0.2) is 24.3 Å². The normalized spacial score (nSPS) is 10.4. The van der Waals surface area contributed by atoms with Crippen LogP contribution >= 0.6 is 0 Å². The van der Waals surface area contributed by atoms with Crippen molar-refractivity contribution in [3.63, 3.8) is 0 Å². The highest BCUT2D eigenvalue weighted by Gasteiger charge is 2.02. The fourth-order valence-corrected chi connectivity index (χ4v) is 2.31. The lowest BCUT2D eigenvalue weighted by Gasteiger charge is -2.07. The van der Waals surface area contributed by atoms with Gasteiger partial charge in [-0.3, -0.25) is 4.79 Å². The standard InChI is InChI=1S/C18H29NO2/c1-3-4-5-6-7-8-9-13-18(20)19-15-16-11-10-12-17(14-16)21-2/h10-12,14H,3-9,13,15H2,1-2H3,(H,19,20). The maximum Gasteiger partial charge on any atom is 0.220 e. The Morgan fingerprint density at radius 1 is 1.10 bits per heavy atom. The fourth-order valence-electron chi connectivity index (χ4n) is 2.31. The number of unbranched alkanes of at least 4 members (excludes halogenated alkanes) is 6. The molecule has 0 atom stereocenters. The fraction of sp³-hybridized carbons (Fsp3) is 0.611. The molecular formula is C18H29NO2. The summed E-state index contributed by atoms with van der Waals surface area (Å²) in [6.07, 6.45) is 9.30. The molecule has 0 aliphatic rings. The van der Waals surface area contributed by atoms with Crippen LogP contribution < -0.4 is 10.1 Å². The van der Waals surface area contributed by atoms with Crippen molar-refractivity contribution in [2.24, 2.45) is 0 Å². The molecule has 0 aliphatic carbocycles. The zero-order valence-electron chi connectivity index (χ0n) is 13.5. The molecule has 1 N–H and O–H groups in total. The molecule has 3 heteroatoms. The summed E-state index contributed by atoms with van der Waals surface area (Å²) in [5.41, 5.74) is 1.07. The van der Waals surface area contributed by atoms with Crippen LogP contribution in [0.4, 0.5) is 0 Å². The van der Waals surface area contributed by atoms with Gasteiger partial charge >= 0.3 is 0 Å². The van der Waals surface area contributed by atoms with Crippen LogP contribution in [-0.2, 0) is 11.3 Å². The first-order valence-corrected chi connectivity index (χ1v) is 8.16. The Kier molecular flexibility index (Phi) is 9.34. The molecule has 0 spiro atoms. The minimum absolute atomic E-state index is 0.145. The Balaban J connectivity index is 2.08. The molecule has 21 heavy (non-hydrogen) atoms. The molecule has 0 aromatic heterocycles. The third kappa shape index (κ3) is 8.38. The van der Waals surface area contributed by atoms with E-state index in [2.05, 4.69) is 12.2 Å². The van der Waals surface area contributed by atoms with Crippen LogP contribution in [0.3, 0.4) is 0 Å². The lowest BCUT2D eigenvalue weighted by molar-refractivity contribution is -0.121. The van der Waals surface area contributed by atoms with Crippen molar-refractivity contribution >= 4 is 5.91 Å². The van der Waals surface area contributed by atoms with E-state index in [0.29, 0.717) is 13.0 Å². The van der Waals surface area contributed by atoms with Crippen molar-refractivity contribution in [3.05, 3.63) is 29.8 Å². The molecule has 1 aromatic carbocycles. The number of methoxy groups -OCH3 is 1. The van der Waals surface area contributed by atoms with E-state index in [9.17, 15) is 4.79 Å². The smallest absolute Gasteiger partial charge is 0.220 e. The number of carbonyl (C=O) groups is 1. The van der Waals surface area contributed by atoms with E-state index in [4.69, 9.17) is 4.74 Å². The van der Waals surface area contributed by atoms with E-state index < -0.39 is 0 Å². The Bertz CT molecular complexity index is 404. The van der Waals surface area contributed by atoms with Crippen molar-refractivity contribution in [3.8, 4) is 5.75 Å². The molecule has 1 rings (SSSR count). The van der Waals surface area contributed by atoms with Gasteiger partial charge in [-0.2, -0.15) is 0 Å². The summed E-state index contributed by atoms with van der Waals surface area (Å²) >= 11 is 0. The predicted molar refractivity (Wildman–Crippen MR) is 87.5 cm³/mol. The third-order valence-electron chi connectivity index (χ3n) is 3.63. The third-order valence-corrected chi connectivity index (χ3v) is 3.63. The van der Waals surface area contributed by atoms with Crippen molar-refractivity contribution in [2.45, 2.75) is 64.8 Å². The van der Waals surface area contributed by atoms with E-state index in [-0.39, 0.29) is 5.91 Å². The van der Waals surface area contributed by atoms with Gasteiger partial charge in [-0.05, 0) is 24.1 Å². The summed E-state index contributed by atoms with van der Waals surface area (Å²) < 4.78 is 5.17. The second-order valence-electron chi connectivity index (χ2n) is 5.50. The van der Waals surface area contributed by atoms with Gasteiger partial charge in [0.05, 0.1) is 7.11 Å². The van der Waals surface area contributed by atoms with Crippen LogP contribution in [-0.4, -0.2) is 13.0 Å². The first-order chi connectivity index (χ1) is 10.3. The van der Waals surface area contributed by atoms with Crippen LogP contribution in [0.1, 0.15) is 63.9 Å². The molecule has 118 valence electrons. The number of hydrogen-bond donors (Lipinski definition) is 1. The maximum absolute atomic E-state index is 11.8. The highest BCUT2D eigenvalue weighted by molar-refractivity contribution is 5.75. The first-order valence-electron chi connectivity index (χ1n) is 8.16. The lowest BCUT2D eigenvalue weighted by Crippen LogP contribution is -2.22. The molecule has 1 aromatic rings. The molecule has 0 radical (unpaired) electrons. The molecule has 0 unspecified atom stereocenters. The van der Waals surface area contributed by atoms with Gasteiger partial charge in [0.1, 0.15) is 5.75 Å². The van der Waals surface area contributed by atoms with Gasteiger partial charge in [-0.15, -0.1) is 0 Å². The summed E-state index contributed by atoms with van der Waals surface area (Å²) in [6.45, 7) is 2.80. The van der Waals surface area contributed by atoms with Crippen LogP contribution in [0.2, 0.25) is 0 Å². The number of hydrogen-bond acceptors (Lipinski definition) is 2. The zero-order valence-corrected chi connectivity index (χ0v) is 13.5. The quantitative estimate of drug-likeness (QED) is 0.612. The van der Waals surface area contributed by atoms with E-state index in [1.54, 1.807) is 7.11 Å². The summed E-state index contributed by atoms with van der Waals surface area (Å²) in [5.74, 6) is 0.972. The van der Waals surface area contributed by atoms with E-state index in [1.165, 1.54) is 32.1 Å². The SMILES string of the molecule is CCCCCCCCCC(=O)NCc1cccc(OC)c1. The molecule has 0 heterocycles. The number of carbonyl (C=O) groups excluding carboxylic acids is 1. The summed E-state index contributed by atoms with van der Waals surface area (Å²) in [7, 11) is 1.65. The number of nitrogens with one attached hydrogen (secondary N) is 1. The van der Waals surface area contributed by atoms with Gasteiger partial charge in [-0.1, -0.05) is 57.6 Å². The number of amides is 1. The van der Waals surface area contributed by atoms with Crippen LogP contribution in [0.5, 0.6) is 5.75 Å². The molecule has 0 aliphatic heterocycles. The van der Waals surface area contributed by atoms with Gasteiger partial charge in [0.15, 0.2) is 0 Å². The number of benzene rings is 1. The van der Waals surface area contributed by atoms with Crippen LogP contribution in [0.25, 0.3) is 0 Å². The molecule has 0 bridgehead atoms. The van der Waals surface area contributed by atoms with Crippen molar-refractivity contribution in [1.82, 2.24) is 5.32 Å². The second kappa shape index (κ2) is 11.2. The highest BCUT2D eigenvalue weighted by Crippen LogP contribution is 2.12. The van der Waals surface area contributed by atoms with Gasteiger partial charge in [0, 0.05) is 13.0 Å². The Hall–Kier alpha value is -1.51. The van der Waals surface area contributed by atoms with E-state index in [0.717, 1.165) is 24.2 Å². The van der Waals surface area contributed by atoms with Gasteiger partial charge in [0.25, 0.3) is 0 Å². The van der Waals surface area contributed by atoms with Gasteiger partial charge in [0.2, 0.25) is 5.91 Å². The zero-order chi connectivity index (χ0) is 15.3. The molecule has 0 saturated heterocycles. The minimum Gasteiger partial charge on any atom is -0.497 e. The summed E-state index contributed by atoms with van der Waals surface area (Å²) in [5, 5.41) is 2.97. The topological polar surface area (TPSA) is 38.3 Å². The predicted octanol–water partition coefficient (Wildman–Crippen LogP) is 4.45. The summed E-state index contributed by atoms with van der Waals surface area (Å²) in [4.78, 5) is 11.8. The lowest BCUT2D eigenvalue weighted by atomic mass is 10.1. The van der Waals surface area contributed by atoms with Crippen molar-refractivity contribution < 1.29 is 9.53 Å². The highest BCUT2D eigenvalue weighted by atomic mass is 16.5. The van der Waals surface area contributed by atoms with Gasteiger partial charge < -0.3 is 10.1 Å². The largest absolute Gasteiger partial charge is 0.497 e. The molecular weight excluding hydrogens is 262 g/mol. The minimum atomic E-state index is 0.145. The monoisotopic (exact) mass is 291 g/mol. The average Bonchev–Trinajstić information content (AvgIpc) is 2.52. The van der Waals surface area contributed by atoms with Crippen LogP contribution in [0, 0.1) is 0 Å². The number of rotatable bonds is 11. The Morgan fingerprint density at radius 3 is 2.52 bits per heavy atom. The van der Waals surface area contributed by atoms with E-state index >= 15 is 0 Å². The number of ether oxygens (including phenoxy) is 1. The molecule has 0 fully saturated rings. The maximum atomic E-state index is 11.8. The summed E-state index contributed by atoms with van der Waals surface area (Å²) in [6, 6.07) is 7.80. The first kappa shape index (κ1) is 17.5. The Labute approximate surface area is 129 Å². The Morgan fingerprint density at radius 2 is 1.81 bits per heavy atom. The average molecular weight is 291 g/mol. The molecule has 0 saturated carbocycles. The van der Waals surface area contributed by atoms with Crippen molar-refractivity contribution in [2.75, 3.05) is 7.11 Å².